The average molecular weight is 119 g/mol. The first kappa shape index (κ1) is 10.2. The van der Waals surface area contributed by atoms with Gasteiger partial charge in [0.25, 0.3) is 0 Å². The predicted molar refractivity (Wildman–Crippen MR) is 30.0 cm³/mol. The van der Waals surface area contributed by atoms with Crippen molar-refractivity contribution in [2.75, 3.05) is 6.61 Å². The number of hydrogen-bond donors (Lipinski definition) is 2. The van der Waals surface area contributed by atoms with Gasteiger partial charge in [0.2, 0.25) is 10.5 Å². The maximum atomic E-state index is 8.07. The Labute approximate surface area is 47.7 Å². The highest BCUT2D eigenvalue weighted by atomic mass is 28.2. The highest BCUT2D eigenvalue weighted by Gasteiger charge is 1.69. The molecule has 0 bridgehead atoms. The Morgan fingerprint density at radius 3 is 1.86 bits per heavy atom. The van der Waals surface area contributed by atoms with Gasteiger partial charge in [0.15, 0.2) is 0 Å². The molecule has 0 saturated heterocycles. The van der Waals surface area contributed by atoms with Crippen LogP contribution < -0.4 is 0 Å². The third-order valence-corrected chi connectivity index (χ3v) is 0.512. The molecule has 0 aromatic rings. The molecule has 3 radical (unpaired) electrons. The predicted octanol–water partition coefficient (Wildman–Crippen LogP) is -0.159. The van der Waals surface area contributed by atoms with Crippen LogP contribution in [-0.2, 0) is 0 Å². The molecule has 43 valence electrons. The van der Waals surface area contributed by atoms with Gasteiger partial charge in [-0.1, -0.05) is 13.3 Å². The average Bonchev–Trinajstić information content (AvgIpc) is 1.75. The summed E-state index contributed by atoms with van der Waals surface area (Å²) in [5.74, 6) is 0. The van der Waals surface area contributed by atoms with Crippen molar-refractivity contribution in [1.29, 1.82) is 0 Å². The number of aliphatic hydroxyl groups is 1. The topological polar surface area (TPSA) is 40.5 Å². The smallest absolute Gasteiger partial charge is 0.240 e. The molecule has 0 aliphatic heterocycles. The summed E-state index contributed by atoms with van der Waals surface area (Å²) in [5.41, 5.74) is 0. The minimum atomic E-state index is 0.344. The molecule has 0 spiro atoms. The van der Waals surface area contributed by atoms with E-state index in [1.807, 2.05) is 10.5 Å². The highest BCUT2D eigenvalue weighted by Crippen LogP contribution is 1.78. The van der Waals surface area contributed by atoms with Gasteiger partial charge in [0.05, 0.1) is 0 Å². The van der Waals surface area contributed by atoms with E-state index in [1.165, 1.54) is 0 Å². The summed E-state index contributed by atoms with van der Waals surface area (Å²) in [6, 6.07) is 0. The van der Waals surface area contributed by atoms with Crippen LogP contribution in [0.15, 0.2) is 0 Å². The molecule has 0 aromatic heterocycles. The van der Waals surface area contributed by atoms with Gasteiger partial charge in [-0.3, -0.25) is 0 Å². The normalized spacial score (nSPS) is 6.86. The first-order chi connectivity index (χ1) is 3.41. The maximum absolute atomic E-state index is 8.07. The molecular formula is C4H11O2Si. The van der Waals surface area contributed by atoms with Gasteiger partial charge >= 0.3 is 0 Å². The number of aliphatic hydroxyl groups excluding tert-OH is 1. The quantitative estimate of drug-likeness (QED) is 0.496. The van der Waals surface area contributed by atoms with Crippen molar-refractivity contribution in [2.24, 2.45) is 0 Å². The second-order valence-corrected chi connectivity index (χ2v) is 1.08. The molecular weight excluding hydrogens is 108 g/mol. The minimum absolute atomic E-state index is 0.344. The molecule has 3 heteroatoms. The third kappa shape index (κ3) is 23.0. The largest absolute Gasteiger partial charge is 0.433 e. The first-order valence-electron chi connectivity index (χ1n) is 2.25. The maximum Gasteiger partial charge on any atom is 0.240 e. The van der Waals surface area contributed by atoms with Crippen LogP contribution in [0.3, 0.4) is 0 Å². The Morgan fingerprint density at radius 2 is 1.86 bits per heavy atom. The van der Waals surface area contributed by atoms with E-state index in [0.29, 0.717) is 6.61 Å². The summed E-state index contributed by atoms with van der Waals surface area (Å²) in [7, 11) is 1.97. The Morgan fingerprint density at radius 1 is 1.43 bits per heavy atom. The molecule has 7 heavy (non-hydrogen) atoms. The van der Waals surface area contributed by atoms with Gasteiger partial charge in [-0.15, -0.1) is 0 Å². The lowest BCUT2D eigenvalue weighted by molar-refractivity contribution is 0.287. The fourth-order valence-corrected chi connectivity index (χ4v) is 0.158. The lowest BCUT2D eigenvalue weighted by atomic mass is 10.4. The van der Waals surface area contributed by atoms with Gasteiger partial charge in [0, 0.05) is 6.61 Å². The number of rotatable bonds is 2. The van der Waals surface area contributed by atoms with Gasteiger partial charge in [0.1, 0.15) is 0 Å². The molecule has 0 atom stereocenters. The van der Waals surface area contributed by atoms with E-state index in [0.717, 1.165) is 12.8 Å². The lowest BCUT2D eigenvalue weighted by Crippen LogP contribution is -1.75. The molecule has 0 aliphatic carbocycles. The SMILES string of the molecule is CCCCO.O[Si]. The zero-order valence-corrected chi connectivity index (χ0v) is 5.52. The van der Waals surface area contributed by atoms with Crippen LogP contribution in [0.25, 0.3) is 0 Å². The van der Waals surface area contributed by atoms with Crippen LogP contribution in [0.1, 0.15) is 19.8 Å². The zero-order chi connectivity index (χ0) is 6.12. The Balaban J connectivity index is 0. The molecule has 2 N–H and O–H groups in total. The summed E-state index contributed by atoms with van der Waals surface area (Å²) in [5, 5.41) is 8.07. The van der Waals surface area contributed by atoms with Crippen molar-refractivity contribution in [3.8, 4) is 0 Å². The highest BCUT2D eigenvalue weighted by molar-refractivity contribution is 5.95. The van der Waals surface area contributed by atoms with Crippen molar-refractivity contribution in [3.05, 3.63) is 0 Å². The molecule has 0 heterocycles. The Kier molecular flexibility index (Phi) is 23.9. The number of hydrogen-bond acceptors (Lipinski definition) is 2. The van der Waals surface area contributed by atoms with Crippen LogP contribution in [0.5, 0.6) is 0 Å². The fourth-order valence-electron chi connectivity index (χ4n) is 0.158. The monoisotopic (exact) mass is 119 g/mol. The van der Waals surface area contributed by atoms with Crippen LogP contribution in [-0.4, -0.2) is 27.0 Å². The molecule has 0 aliphatic rings. The van der Waals surface area contributed by atoms with Crippen molar-refractivity contribution in [3.63, 3.8) is 0 Å². The molecule has 0 rings (SSSR count). The standard InChI is InChI=1S/C4H10O.HOSi/c1-2-3-4-5;1-2/h5H,2-4H2,1H3;1H. The molecule has 0 fully saturated rings. The Hall–Kier alpha value is 0.137. The van der Waals surface area contributed by atoms with Gasteiger partial charge in [-0.2, -0.15) is 0 Å². The zero-order valence-electron chi connectivity index (χ0n) is 4.52. The molecule has 0 amide bonds. The van der Waals surface area contributed by atoms with E-state index in [1.54, 1.807) is 0 Å². The molecule has 0 unspecified atom stereocenters. The van der Waals surface area contributed by atoms with Crippen molar-refractivity contribution in [1.82, 2.24) is 0 Å². The fraction of sp³-hybridized carbons (Fsp3) is 1.00. The van der Waals surface area contributed by atoms with Crippen LogP contribution in [0.2, 0.25) is 0 Å². The van der Waals surface area contributed by atoms with Gasteiger partial charge in [-0.05, 0) is 6.42 Å². The van der Waals surface area contributed by atoms with Crippen LogP contribution in [0.4, 0.5) is 0 Å². The van der Waals surface area contributed by atoms with E-state index >= 15 is 0 Å². The summed E-state index contributed by atoms with van der Waals surface area (Å²) in [4.78, 5) is 6.81. The van der Waals surface area contributed by atoms with Gasteiger partial charge < -0.3 is 9.90 Å². The Bertz CT molecular complexity index is 17.2. The van der Waals surface area contributed by atoms with E-state index < -0.39 is 0 Å². The lowest BCUT2D eigenvalue weighted by Gasteiger charge is -1.79. The van der Waals surface area contributed by atoms with Gasteiger partial charge in [-0.25, -0.2) is 0 Å². The number of unbranched alkanes of at least 4 members (excludes halogenated alkanes) is 1. The second kappa shape index (κ2) is 16.5. The summed E-state index contributed by atoms with van der Waals surface area (Å²) in [6.45, 7) is 2.40. The van der Waals surface area contributed by atoms with Crippen LogP contribution in [0, 0.1) is 0 Å². The van der Waals surface area contributed by atoms with Crippen molar-refractivity contribution < 1.29 is 9.90 Å². The summed E-state index contributed by atoms with van der Waals surface area (Å²) >= 11 is 0. The first-order valence-corrected chi connectivity index (χ1v) is 2.69. The van der Waals surface area contributed by atoms with E-state index in [2.05, 4.69) is 6.92 Å². The van der Waals surface area contributed by atoms with E-state index in [4.69, 9.17) is 9.90 Å². The second-order valence-electron chi connectivity index (χ2n) is 1.08. The van der Waals surface area contributed by atoms with Crippen molar-refractivity contribution >= 4 is 10.5 Å². The van der Waals surface area contributed by atoms with E-state index in [-0.39, 0.29) is 0 Å². The molecule has 2 nitrogen and oxygen atoms in total. The molecule has 0 aromatic carbocycles. The van der Waals surface area contributed by atoms with Crippen LogP contribution >= 0.6 is 0 Å². The third-order valence-electron chi connectivity index (χ3n) is 0.512. The summed E-state index contributed by atoms with van der Waals surface area (Å²) in [6.07, 6.45) is 2.04. The molecule has 0 saturated carbocycles. The minimum Gasteiger partial charge on any atom is -0.433 e. The summed E-state index contributed by atoms with van der Waals surface area (Å²) < 4.78 is 0. The van der Waals surface area contributed by atoms with E-state index in [9.17, 15) is 0 Å². The van der Waals surface area contributed by atoms with Crippen molar-refractivity contribution in [2.45, 2.75) is 19.8 Å².